The quantitative estimate of drug-likeness (QED) is 0.627. The van der Waals surface area contributed by atoms with Gasteiger partial charge in [0.25, 0.3) is 0 Å². The molecule has 2 aromatic rings. The number of fused-ring (bicyclic) bond motifs is 1. The van der Waals surface area contributed by atoms with Crippen molar-refractivity contribution in [2.24, 2.45) is 0 Å². The van der Waals surface area contributed by atoms with Gasteiger partial charge in [0.15, 0.2) is 0 Å². The predicted molar refractivity (Wildman–Crippen MR) is 63.1 cm³/mol. The van der Waals surface area contributed by atoms with Crippen LogP contribution in [0.25, 0.3) is 10.9 Å². The third-order valence-electron chi connectivity index (χ3n) is 2.34. The summed E-state index contributed by atoms with van der Waals surface area (Å²) in [6.45, 7) is 0. The minimum Gasteiger partial charge on any atom is -0.465 e. The molecule has 2 rings (SSSR count). The molecule has 0 bridgehead atoms. The lowest BCUT2D eigenvalue weighted by atomic mass is 10.1. The average molecular weight is 282 g/mol. The molecule has 1 aromatic heterocycles. The van der Waals surface area contributed by atoms with Crippen LogP contribution < -0.4 is 0 Å². The van der Waals surface area contributed by atoms with E-state index in [-0.39, 0.29) is 0 Å². The smallest absolute Gasteiger partial charge is 0.340 e. The van der Waals surface area contributed by atoms with Crippen LogP contribution in [0.2, 0.25) is 0 Å². The van der Waals surface area contributed by atoms with Gasteiger partial charge in [-0.2, -0.15) is 0 Å². The zero-order valence-corrected chi connectivity index (χ0v) is 10.0. The minimum atomic E-state index is -0.459. The first-order valence-electron chi connectivity index (χ1n) is 4.51. The molecule has 0 atom stereocenters. The number of carbonyl (C=O) groups excluding carboxylic acids is 2. The molecule has 0 fully saturated rings. The highest BCUT2D eigenvalue weighted by Gasteiger charge is 2.15. The molecule has 0 saturated carbocycles. The van der Waals surface area contributed by atoms with E-state index >= 15 is 0 Å². The Balaban J connectivity index is 2.84. The van der Waals surface area contributed by atoms with Gasteiger partial charge in [-0.3, -0.25) is 9.36 Å². The fraction of sp³-hybridized carbons (Fsp3) is 0.0909. The standard InChI is InChI=1S/C11H8BrNO3/c1-16-11(15)8-2-3-9(12)7-4-5-13(6-14)10(7)8/h2-6H,1H3. The lowest BCUT2D eigenvalue weighted by Crippen LogP contribution is -2.05. The highest BCUT2D eigenvalue weighted by atomic mass is 79.9. The molecule has 0 N–H and O–H groups in total. The molecule has 0 saturated heterocycles. The van der Waals surface area contributed by atoms with Gasteiger partial charge in [-0.15, -0.1) is 0 Å². The highest BCUT2D eigenvalue weighted by molar-refractivity contribution is 9.10. The number of nitrogens with zero attached hydrogens (tertiary/aromatic N) is 1. The van der Waals surface area contributed by atoms with Crippen LogP contribution in [0.4, 0.5) is 0 Å². The van der Waals surface area contributed by atoms with Gasteiger partial charge in [0.05, 0.1) is 18.2 Å². The topological polar surface area (TPSA) is 48.3 Å². The summed E-state index contributed by atoms with van der Waals surface area (Å²) in [4.78, 5) is 22.4. The maximum atomic E-state index is 11.5. The molecular weight excluding hydrogens is 274 g/mol. The first-order valence-corrected chi connectivity index (χ1v) is 5.31. The Morgan fingerprint density at radius 2 is 2.19 bits per heavy atom. The maximum absolute atomic E-state index is 11.5. The van der Waals surface area contributed by atoms with E-state index in [9.17, 15) is 9.59 Å². The molecule has 0 aliphatic rings. The second kappa shape index (κ2) is 4.09. The van der Waals surface area contributed by atoms with Gasteiger partial charge in [-0.25, -0.2) is 4.79 Å². The van der Waals surface area contributed by atoms with Crippen LogP contribution in [0.3, 0.4) is 0 Å². The third kappa shape index (κ3) is 1.53. The van der Waals surface area contributed by atoms with E-state index in [0.29, 0.717) is 17.5 Å². The minimum absolute atomic E-state index is 0.373. The number of ether oxygens (including phenoxy) is 1. The highest BCUT2D eigenvalue weighted by Crippen LogP contribution is 2.27. The summed E-state index contributed by atoms with van der Waals surface area (Å²) in [5, 5.41) is 0.801. The fourth-order valence-corrected chi connectivity index (χ4v) is 2.06. The summed E-state index contributed by atoms with van der Waals surface area (Å²) < 4.78 is 6.85. The Bertz CT molecular complexity index is 574. The average Bonchev–Trinajstić information content (AvgIpc) is 2.73. The lowest BCUT2D eigenvalue weighted by Gasteiger charge is -2.04. The number of carbonyl (C=O) groups is 2. The monoisotopic (exact) mass is 281 g/mol. The van der Waals surface area contributed by atoms with Crippen molar-refractivity contribution in [1.29, 1.82) is 0 Å². The van der Waals surface area contributed by atoms with Crippen LogP contribution in [0, 0.1) is 0 Å². The number of halogens is 1. The molecule has 1 aromatic carbocycles. The van der Waals surface area contributed by atoms with E-state index in [1.807, 2.05) is 0 Å². The fourth-order valence-electron chi connectivity index (χ4n) is 1.61. The molecule has 4 nitrogen and oxygen atoms in total. The van der Waals surface area contributed by atoms with Gasteiger partial charge in [-0.05, 0) is 18.2 Å². The van der Waals surface area contributed by atoms with Gasteiger partial charge < -0.3 is 4.74 Å². The molecule has 0 radical (unpaired) electrons. The molecular formula is C11H8BrNO3. The van der Waals surface area contributed by atoms with Gasteiger partial charge in [0.1, 0.15) is 0 Å². The van der Waals surface area contributed by atoms with Crippen molar-refractivity contribution in [2.75, 3.05) is 7.11 Å². The SMILES string of the molecule is COC(=O)c1ccc(Br)c2ccn(C=O)c12. The van der Waals surface area contributed by atoms with Crippen molar-refractivity contribution in [3.63, 3.8) is 0 Å². The van der Waals surface area contributed by atoms with Crippen LogP contribution in [0.1, 0.15) is 10.4 Å². The number of rotatable bonds is 2. The van der Waals surface area contributed by atoms with E-state index in [1.165, 1.54) is 11.7 Å². The largest absolute Gasteiger partial charge is 0.465 e. The van der Waals surface area contributed by atoms with Crippen LogP contribution >= 0.6 is 15.9 Å². The maximum Gasteiger partial charge on any atom is 0.340 e. The molecule has 0 spiro atoms. The summed E-state index contributed by atoms with van der Waals surface area (Å²) >= 11 is 3.36. The molecule has 0 unspecified atom stereocenters. The molecule has 0 aliphatic carbocycles. The van der Waals surface area contributed by atoms with E-state index in [0.717, 1.165) is 9.86 Å². The molecule has 0 amide bonds. The first-order chi connectivity index (χ1) is 7.69. The van der Waals surface area contributed by atoms with Gasteiger partial charge in [-0.1, -0.05) is 15.9 Å². The van der Waals surface area contributed by atoms with E-state index < -0.39 is 5.97 Å². The van der Waals surface area contributed by atoms with Crippen molar-refractivity contribution in [3.8, 4) is 0 Å². The van der Waals surface area contributed by atoms with Crippen molar-refractivity contribution < 1.29 is 14.3 Å². The van der Waals surface area contributed by atoms with E-state index in [2.05, 4.69) is 20.7 Å². The van der Waals surface area contributed by atoms with E-state index in [1.54, 1.807) is 24.4 Å². The summed E-state index contributed by atoms with van der Waals surface area (Å²) in [5.41, 5.74) is 0.925. The Morgan fingerprint density at radius 3 is 2.81 bits per heavy atom. The van der Waals surface area contributed by atoms with Gasteiger partial charge in [0, 0.05) is 16.1 Å². The second-order valence-electron chi connectivity index (χ2n) is 3.18. The zero-order chi connectivity index (χ0) is 11.7. The Morgan fingerprint density at radius 1 is 1.44 bits per heavy atom. The molecule has 16 heavy (non-hydrogen) atoms. The summed E-state index contributed by atoms with van der Waals surface area (Å²) in [6.07, 6.45) is 2.26. The second-order valence-corrected chi connectivity index (χ2v) is 4.03. The van der Waals surface area contributed by atoms with Crippen molar-refractivity contribution >= 4 is 39.2 Å². The van der Waals surface area contributed by atoms with Crippen LogP contribution in [0.15, 0.2) is 28.9 Å². The molecule has 82 valence electrons. The number of aromatic nitrogens is 1. The Labute approximate surface area is 99.9 Å². The number of benzene rings is 1. The molecule has 5 heteroatoms. The van der Waals surface area contributed by atoms with Crippen LogP contribution in [0.5, 0.6) is 0 Å². The zero-order valence-electron chi connectivity index (χ0n) is 8.44. The molecule has 1 heterocycles. The Hall–Kier alpha value is -1.62. The number of methoxy groups -OCH3 is 1. The van der Waals surface area contributed by atoms with Crippen LogP contribution in [-0.2, 0) is 9.53 Å². The number of hydrogen-bond acceptors (Lipinski definition) is 3. The lowest BCUT2D eigenvalue weighted by molar-refractivity contribution is 0.0602. The molecule has 0 aliphatic heterocycles. The van der Waals surface area contributed by atoms with E-state index in [4.69, 9.17) is 0 Å². The summed E-state index contributed by atoms with van der Waals surface area (Å²) in [7, 11) is 1.31. The van der Waals surface area contributed by atoms with Gasteiger partial charge in [0.2, 0.25) is 6.41 Å². The summed E-state index contributed by atoms with van der Waals surface area (Å²) in [5.74, 6) is -0.459. The van der Waals surface area contributed by atoms with Crippen LogP contribution in [-0.4, -0.2) is 24.1 Å². The number of hydrogen-bond donors (Lipinski definition) is 0. The first kappa shape index (κ1) is 10.9. The van der Waals surface area contributed by atoms with Crippen molar-refractivity contribution in [1.82, 2.24) is 4.57 Å². The Kier molecular flexibility index (Phi) is 2.78. The number of esters is 1. The third-order valence-corrected chi connectivity index (χ3v) is 3.03. The van der Waals surface area contributed by atoms with Crippen molar-refractivity contribution in [3.05, 3.63) is 34.4 Å². The van der Waals surface area contributed by atoms with Gasteiger partial charge >= 0.3 is 5.97 Å². The summed E-state index contributed by atoms with van der Waals surface area (Å²) in [6, 6.07) is 5.14. The predicted octanol–water partition coefficient (Wildman–Crippen LogP) is 2.23. The van der Waals surface area contributed by atoms with Crippen molar-refractivity contribution in [2.45, 2.75) is 0 Å². The normalized spacial score (nSPS) is 10.4.